The third-order valence-electron chi connectivity index (χ3n) is 0. The van der Waals surface area contributed by atoms with Crippen LogP contribution in [0.3, 0.4) is 0 Å². The Balaban J connectivity index is -0.0000000178. The molecule has 0 saturated heterocycles. The van der Waals surface area contributed by atoms with Gasteiger partial charge in [-0.05, 0) is 0 Å². The second-order valence-corrected chi connectivity index (χ2v) is 2.81. The van der Waals surface area contributed by atoms with Crippen molar-refractivity contribution in [3.8, 4) is 0 Å². The summed E-state index contributed by atoms with van der Waals surface area (Å²) in [5.41, 5.74) is 0. The SMILES string of the molecule is O=P([O-])(O)O.O=P([O-])([O-])[O-].[K+].[K+].[K+].[Na+]. The molecule has 0 aromatic heterocycles. The number of hydrogen-bond donors (Lipinski definition) is 2. The summed E-state index contributed by atoms with van der Waals surface area (Å²) in [7, 11) is -10.3. The van der Waals surface area contributed by atoms with Crippen LogP contribution in [0.2, 0.25) is 0 Å². The van der Waals surface area contributed by atoms with Gasteiger partial charge in [-0.3, -0.25) is 4.57 Å². The largest absolute Gasteiger partial charge is 1.00 e. The molecule has 2 N–H and O–H groups in total. The molecule has 0 aromatic carbocycles. The molecule has 64 valence electrons. The van der Waals surface area contributed by atoms with Crippen LogP contribution in [-0.2, 0) is 9.13 Å². The maximum absolute atomic E-state index is 8.77. The molecule has 0 aliphatic heterocycles. The van der Waals surface area contributed by atoms with Crippen molar-refractivity contribution in [3.63, 3.8) is 0 Å². The molecule has 0 amide bonds. The molecule has 0 aliphatic carbocycles. The molecule has 0 aromatic rings. The maximum Gasteiger partial charge on any atom is 1.00 e. The smallest absolute Gasteiger partial charge is 0.822 e. The third kappa shape index (κ3) is 142. The van der Waals surface area contributed by atoms with E-state index in [2.05, 4.69) is 0 Å². The third-order valence-corrected chi connectivity index (χ3v) is 0. The van der Waals surface area contributed by atoms with E-state index in [0.717, 1.165) is 0 Å². The predicted molar refractivity (Wildman–Crippen MR) is 19.7 cm³/mol. The summed E-state index contributed by atoms with van der Waals surface area (Å²) in [6.07, 6.45) is 0. The standard InChI is InChI=1S/3K.Na.2H3O4P/c;;;;2*1-5(2,3)4/h;;;;2*(H3,1,2,3,4)/q4*+1;;/p-4. The summed E-state index contributed by atoms with van der Waals surface area (Å²) < 4.78 is 17.3. The summed E-state index contributed by atoms with van der Waals surface area (Å²) in [5.74, 6) is 0. The second-order valence-electron chi connectivity index (χ2n) is 0.938. The van der Waals surface area contributed by atoms with Gasteiger partial charge in [-0.1, -0.05) is 0 Å². The minimum Gasteiger partial charge on any atom is -0.822 e. The first-order chi connectivity index (χ1) is 4.00. The van der Waals surface area contributed by atoms with Crippen LogP contribution in [0.15, 0.2) is 0 Å². The molecule has 0 heterocycles. The van der Waals surface area contributed by atoms with Crippen LogP contribution >= 0.6 is 15.6 Å². The van der Waals surface area contributed by atoms with E-state index in [0.29, 0.717) is 0 Å². The van der Waals surface area contributed by atoms with Gasteiger partial charge < -0.3 is 33.9 Å². The molecule has 0 radical (unpaired) electrons. The van der Waals surface area contributed by atoms with Gasteiger partial charge in [0.2, 0.25) is 0 Å². The first-order valence-corrected chi connectivity index (χ1v) is 4.49. The van der Waals surface area contributed by atoms with Crippen LogP contribution in [0, 0.1) is 0 Å². The Morgan fingerprint density at radius 1 is 0.786 bits per heavy atom. The van der Waals surface area contributed by atoms with Crippen molar-refractivity contribution in [1.82, 2.24) is 0 Å². The van der Waals surface area contributed by atoms with E-state index in [1.54, 1.807) is 0 Å². The Morgan fingerprint density at radius 2 is 0.786 bits per heavy atom. The molecule has 14 heavy (non-hydrogen) atoms. The van der Waals surface area contributed by atoms with Gasteiger partial charge in [0.25, 0.3) is 7.82 Å². The fraction of sp³-hybridized carbons (Fsp3) is 0. The van der Waals surface area contributed by atoms with Crippen molar-refractivity contribution in [1.29, 1.82) is 0 Å². The molecule has 0 fully saturated rings. The summed E-state index contributed by atoms with van der Waals surface area (Å²) in [4.78, 5) is 48.6. The summed E-state index contributed by atoms with van der Waals surface area (Å²) >= 11 is 0. The summed E-state index contributed by atoms with van der Waals surface area (Å²) in [6.45, 7) is 0. The van der Waals surface area contributed by atoms with Crippen molar-refractivity contribution in [2.24, 2.45) is 0 Å². The van der Waals surface area contributed by atoms with E-state index < -0.39 is 15.6 Å². The zero-order chi connectivity index (χ0) is 9.00. The van der Waals surface area contributed by atoms with Crippen LogP contribution in [0.1, 0.15) is 0 Å². The minimum absolute atomic E-state index is 0. The minimum atomic E-state index is -5.39. The molecule has 0 atom stereocenters. The fourth-order valence-electron chi connectivity index (χ4n) is 0. The maximum atomic E-state index is 8.77. The van der Waals surface area contributed by atoms with E-state index >= 15 is 0 Å². The molecule has 0 spiro atoms. The average molecular weight is 332 g/mol. The van der Waals surface area contributed by atoms with Crippen LogP contribution in [0.25, 0.3) is 0 Å². The molecule has 0 unspecified atom stereocenters. The van der Waals surface area contributed by atoms with Crippen molar-refractivity contribution in [3.05, 3.63) is 0 Å². The fourth-order valence-corrected chi connectivity index (χ4v) is 0. The van der Waals surface area contributed by atoms with Crippen LogP contribution < -0.4 is 203 Å². The monoisotopic (exact) mass is 332 g/mol. The zero-order valence-corrected chi connectivity index (χ0v) is 21.4. The van der Waals surface area contributed by atoms with Crippen LogP contribution in [-0.4, -0.2) is 9.79 Å². The molecule has 0 saturated carbocycles. The van der Waals surface area contributed by atoms with Gasteiger partial charge in [0.05, 0.1) is 0 Å². The van der Waals surface area contributed by atoms with Gasteiger partial charge in [0, 0.05) is 0 Å². The van der Waals surface area contributed by atoms with Gasteiger partial charge in [-0.2, -0.15) is 7.82 Å². The van der Waals surface area contributed by atoms with Crippen molar-refractivity contribution < 1.29 is 222 Å². The van der Waals surface area contributed by atoms with E-state index in [-0.39, 0.29) is 184 Å². The molecule has 14 heteroatoms. The number of phosphoric acid groups is 2. The Kier molecular flexibility index (Phi) is 50.4. The molecule has 0 bridgehead atoms. The van der Waals surface area contributed by atoms with E-state index in [4.69, 9.17) is 38.5 Å². The average Bonchev–Trinajstić information content (AvgIpc) is 1.12. The predicted octanol–water partition coefficient (Wildman–Crippen LogP) is -16.4. The van der Waals surface area contributed by atoms with Gasteiger partial charge in [-0.15, -0.1) is 0 Å². The quantitative estimate of drug-likeness (QED) is 0.326. The van der Waals surface area contributed by atoms with Crippen molar-refractivity contribution in [2.75, 3.05) is 0 Å². The molecule has 8 nitrogen and oxygen atoms in total. The second kappa shape index (κ2) is 19.1. The Morgan fingerprint density at radius 3 is 0.786 bits per heavy atom. The number of rotatable bonds is 0. The van der Waals surface area contributed by atoms with Gasteiger partial charge in [-0.25, -0.2) is 0 Å². The van der Waals surface area contributed by atoms with Crippen LogP contribution in [0.5, 0.6) is 0 Å². The molecule has 0 aliphatic rings. The topological polar surface area (TPSA) is 167 Å². The first kappa shape index (κ1) is 36.9. The molecular formula is H2K3NaO8P2. The normalized spacial score (nSPS) is 8.43. The first-order valence-electron chi connectivity index (χ1n) is 1.50. The summed E-state index contributed by atoms with van der Waals surface area (Å²) in [6, 6.07) is 0. The van der Waals surface area contributed by atoms with E-state index in [9.17, 15) is 0 Å². The molecule has 0 rings (SSSR count). The zero-order valence-electron chi connectivity index (χ0n) is 8.24. The summed E-state index contributed by atoms with van der Waals surface area (Å²) in [5, 5.41) is 0. The van der Waals surface area contributed by atoms with E-state index in [1.165, 1.54) is 0 Å². The van der Waals surface area contributed by atoms with Gasteiger partial charge >= 0.3 is 184 Å². The molecular weight excluding hydrogens is 330 g/mol. The van der Waals surface area contributed by atoms with Gasteiger partial charge in [0.15, 0.2) is 0 Å². The Hall–Kier alpha value is 6.13. The van der Waals surface area contributed by atoms with Crippen LogP contribution in [0.4, 0.5) is 0 Å². The Bertz CT molecular complexity index is 135. The van der Waals surface area contributed by atoms with E-state index in [1.807, 2.05) is 0 Å². The number of hydrogen-bond acceptors (Lipinski definition) is 6. The van der Waals surface area contributed by atoms with Crippen molar-refractivity contribution >= 4 is 15.6 Å². The van der Waals surface area contributed by atoms with Crippen molar-refractivity contribution in [2.45, 2.75) is 0 Å². The Labute approximate surface area is 230 Å². The van der Waals surface area contributed by atoms with Gasteiger partial charge in [0.1, 0.15) is 0 Å².